The van der Waals surface area contributed by atoms with Crippen LogP contribution in [0.5, 0.6) is 0 Å². The van der Waals surface area contributed by atoms with Crippen molar-refractivity contribution in [3.05, 3.63) is 11.2 Å². The van der Waals surface area contributed by atoms with Crippen molar-refractivity contribution in [3.63, 3.8) is 0 Å². The number of rotatable bonds is 1. The quantitative estimate of drug-likeness (QED) is 0.583. The molecule has 0 N–H and O–H groups in total. The molecule has 0 aliphatic rings. The van der Waals surface area contributed by atoms with E-state index in [0.717, 1.165) is 5.03 Å². The van der Waals surface area contributed by atoms with Crippen LogP contribution in [-0.2, 0) is 7.05 Å². The summed E-state index contributed by atoms with van der Waals surface area (Å²) in [6.07, 6.45) is 1.96. The van der Waals surface area contributed by atoms with Gasteiger partial charge in [-0.25, -0.2) is 0 Å². The molecule has 1 aromatic rings. The van der Waals surface area contributed by atoms with E-state index in [4.69, 9.17) is 11.6 Å². The van der Waals surface area contributed by atoms with Crippen LogP contribution in [0.25, 0.3) is 0 Å². The summed E-state index contributed by atoms with van der Waals surface area (Å²) in [6, 6.07) is 2.87. The normalized spacial score (nSPS) is 10.1. The highest BCUT2D eigenvalue weighted by Crippen LogP contribution is 2.16. The highest BCUT2D eigenvalue weighted by Gasteiger charge is 1.99. The second kappa shape index (κ2) is 2.62. The Morgan fingerprint density at radius 3 is 2.67 bits per heavy atom. The molecule has 1 rings (SSSR count). The topological polar surface area (TPSA) is 17.8 Å². The fourth-order valence-corrected chi connectivity index (χ4v) is 1.32. The summed E-state index contributed by atoms with van der Waals surface area (Å²) in [5.41, 5.74) is 0. The summed E-state index contributed by atoms with van der Waals surface area (Å²) in [5, 5.41) is 5.28. The molecule has 0 amide bonds. The largest absolute Gasteiger partial charge is 0.260 e. The Balaban J connectivity index is 3.01. The maximum absolute atomic E-state index is 5.54. The number of hydrogen-bond donors (Lipinski definition) is 0. The van der Waals surface area contributed by atoms with Crippen LogP contribution in [0.15, 0.2) is 5.03 Å². The molecule has 49 valence electrons. The van der Waals surface area contributed by atoms with Crippen LogP contribution in [-0.4, -0.2) is 16.0 Å². The number of aryl methyl sites for hydroxylation is 1. The first-order chi connectivity index (χ1) is 4.24. The van der Waals surface area contributed by atoms with Crippen LogP contribution in [0.3, 0.4) is 0 Å². The van der Waals surface area contributed by atoms with Crippen molar-refractivity contribution in [2.45, 2.75) is 5.03 Å². The zero-order valence-electron chi connectivity index (χ0n) is 5.18. The maximum atomic E-state index is 5.54. The molecule has 4 heteroatoms. The molecule has 1 aromatic heterocycles. The lowest BCUT2D eigenvalue weighted by Crippen LogP contribution is -1.90. The fourth-order valence-electron chi connectivity index (χ4n) is 0.554. The van der Waals surface area contributed by atoms with Crippen LogP contribution >= 0.6 is 23.4 Å². The zero-order valence-corrected chi connectivity index (χ0v) is 6.75. The van der Waals surface area contributed by atoms with Gasteiger partial charge in [0.25, 0.3) is 0 Å². The molecule has 0 unspecified atom stereocenters. The van der Waals surface area contributed by atoms with Crippen molar-refractivity contribution in [3.8, 4) is 0 Å². The molecule has 0 fully saturated rings. The number of thioether (sulfide) groups is 1. The minimum absolute atomic E-state index is 0.432. The third-order valence-electron chi connectivity index (χ3n) is 0.935. The van der Waals surface area contributed by atoms with E-state index in [9.17, 15) is 0 Å². The van der Waals surface area contributed by atoms with Gasteiger partial charge in [0.2, 0.25) is 0 Å². The Labute approximate surface area is 63.2 Å². The molecule has 0 aromatic carbocycles. The van der Waals surface area contributed by atoms with E-state index in [1.165, 1.54) is 0 Å². The van der Waals surface area contributed by atoms with Crippen molar-refractivity contribution in [1.82, 2.24) is 9.78 Å². The van der Waals surface area contributed by atoms with Crippen LogP contribution in [0.2, 0.25) is 5.15 Å². The Morgan fingerprint density at radius 1 is 1.78 bits per heavy atom. The van der Waals surface area contributed by atoms with Crippen molar-refractivity contribution >= 4 is 23.4 Å². The van der Waals surface area contributed by atoms with Gasteiger partial charge in [-0.2, -0.15) is 5.10 Å². The SMILES string of the molecule is CSc1[c]c(Cl)nn1C. The second-order valence-corrected chi connectivity index (χ2v) is 2.70. The molecule has 0 spiro atoms. The lowest BCUT2D eigenvalue weighted by atomic mass is 10.7. The van der Waals surface area contributed by atoms with Gasteiger partial charge in [-0.1, -0.05) is 11.6 Å². The summed E-state index contributed by atoms with van der Waals surface area (Å²) >= 11 is 7.12. The first-order valence-electron chi connectivity index (χ1n) is 2.40. The Bertz CT molecular complexity index is 209. The third kappa shape index (κ3) is 1.40. The molecule has 2 nitrogen and oxygen atoms in total. The number of aromatic nitrogens is 2. The lowest BCUT2D eigenvalue weighted by molar-refractivity contribution is 0.699. The second-order valence-electron chi connectivity index (χ2n) is 1.55. The minimum Gasteiger partial charge on any atom is -0.260 e. The van der Waals surface area contributed by atoms with E-state index >= 15 is 0 Å². The first kappa shape index (κ1) is 6.96. The summed E-state index contributed by atoms with van der Waals surface area (Å²) in [5.74, 6) is 0. The average molecular weight is 162 g/mol. The molecule has 0 bridgehead atoms. The van der Waals surface area contributed by atoms with E-state index in [-0.39, 0.29) is 0 Å². The van der Waals surface area contributed by atoms with Crippen LogP contribution in [0.1, 0.15) is 0 Å². The van der Waals surface area contributed by atoms with E-state index < -0.39 is 0 Å². The Kier molecular flexibility index (Phi) is 2.03. The van der Waals surface area contributed by atoms with Gasteiger partial charge in [-0.05, 0) is 6.26 Å². The third-order valence-corrected chi connectivity index (χ3v) is 1.86. The summed E-state index contributed by atoms with van der Waals surface area (Å²) < 4.78 is 1.70. The smallest absolute Gasteiger partial charge is 0.160 e. The van der Waals surface area contributed by atoms with Crippen molar-refractivity contribution in [2.24, 2.45) is 7.05 Å². The maximum Gasteiger partial charge on any atom is 0.160 e. The molecule has 0 saturated heterocycles. The van der Waals surface area contributed by atoms with Crippen LogP contribution in [0, 0.1) is 6.07 Å². The van der Waals surface area contributed by atoms with E-state index in [0.29, 0.717) is 5.15 Å². The number of halogens is 1. The van der Waals surface area contributed by atoms with Gasteiger partial charge in [-0.3, -0.25) is 4.68 Å². The van der Waals surface area contributed by atoms with Crippen molar-refractivity contribution < 1.29 is 0 Å². The van der Waals surface area contributed by atoms with Gasteiger partial charge in [0.1, 0.15) is 5.03 Å². The zero-order chi connectivity index (χ0) is 6.85. The average Bonchev–Trinajstić information content (AvgIpc) is 2.10. The molecule has 0 aliphatic heterocycles. The summed E-state index contributed by atoms with van der Waals surface area (Å²) in [4.78, 5) is 0. The number of nitrogens with zero attached hydrogens (tertiary/aromatic N) is 2. The highest BCUT2D eigenvalue weighted by molar-refractivity contribution is 7.98. The highest BCUT2D eigenvalue weighted by atomic mass is 35.5. The molecular formula is C5H6ClN2S. The monoisotopic (exact) mass is 161 g/mol. The minimum atomic E-state index is 0.432. The predicted octanol–water partition coefficient (Wildman–Crippen LogP) is 1.60. The first-order valence-corrected chi connectivity index (χ1v) is 4.00. The Hall–Kier alpha value is -0.150. The predicted molar refractivity (Wildman–Crippen MR) is 38.8 cm³/mol. The molecule has 1 heterocycles. The molecule has 9 heavy (non-hydrogen) atoms. The molecule has 0 aliphatic carbocycles. The van der Waals surface area contributed by atoms with E-state index in [1.807, 2.05) is 13.3 Å². The van der Waals surface area contributed by atoms with Crippen molar-refractivity contribution in [2.75, 3.05) is 6.26 Å². The number of hydrogen-bond acceptors (Lipinski definition) is 2. The molecule has 1 radical (unpaired) electrons. The van der Waals surface area contributed by atoms with Gasteiger partial charge >= 0.3 is 0 Å². The van der Waals surface area contributed by atoms with Gasteiger partial charge in [0.15, 0.2) is 5.15 Å². The van der Waals surface area contributed by atoms with E-state index in [2.05, 4.69) is 11.2 Å². The fraction of sp³-hybridized carbons (Fsp3) is 0.400. The summed E-state index contributed by atoms with van der Waals surface area (Å²) in [6.45, 7) is 0. The van der Waals surface area contributed by atoms with E-state index in [1.54, 1.807) is 16.4 Å². The standard InChI is InChI=1S/C5H6ClN2S/c1-8-5(9-2)3-4(6)7-8/h1-2H3. The molecular weight excluding hydrogens is 156 g/mol. The van der Waals surface area contributed by atoms with Gasteiger partial charge in [0, 0.05) is 7.05 Å². The lowest BCUT2D eigenvalue weighted by Gasteiger charge is -1.91. The van der Waals surface area contributed by atoms with Gasteiger partial charge < -0.3 is 0 Å². The van der Waals surface area contributed by atoms with Gasteiger partial charge in [0.05, 0.1) is 6.07 Å². The molecule has 0 atom stereocenters. The Morgan fingerprint density at radius 2 is 2.44 bits per heavy atom. The summed E-state index contributed by atoms with van der Waals surface area (Å²) in [7, 11) is 1.84. The van der Waals surface area contributed by atoms with Crippen molar-refractivity contribution in [1.29, 1.82) is 0 Å². The van der Waals surface area contributed by atoms with Crippen LogP contribution < -0.4 is 0 Å². The van der Waals surface area contributed by atoms with Crippen LogP contribution in [0.4, 0.5) is 0 Å². The van der Waals surface area contributed by atoms with Gasteiger partial charge in [-0.15, -0.1) is 11.8 Å². The molecule has 0 saturated carbocycles.